The van der Waals surface area contributed by atoms with Crippen molar-refractivity contribution >= 4 is 21.6 Å². The van der Waals surface area contributed by atoms with E-state index in [0.717, 1.165) is 26.8 Å². The summed E-state index contributed by atoms with van der Waals surface area (Å²) in [5, 5.41) is 7.22. The highest BCUT2D eigenvalue weighted by molar-refractivity contribution is 7.89. The van der Waals surface area contributed by atoms with E-state index in [9.17, 15) is 13.2 Å². The maximum absolute atomic E-state index is 12.8. The molecule has 3 aromatic rings. The predicted octanol–water partition coefficient (Wildman–Crippen LogP) is 3.30. The van der Waals surface area contributed by atoms with Gasteiger partial charge in [-0.2, -0.15) is 5.10 Å². The standard InChI is InChI=1S/C21H24N4O3S/c1-14-11-18(29(27,28)24(4)5)13-19(16(14)3)22-21(26)20-12-15(2)25(23-20)17-9-7-6-8-10-17/h6-13H,1-5H3,(H,22,26). The quantitative estimate of drug-likeness (QED) is 0.697. The monoisotopic (exact) mass is 412 g/mol. The molecule has 2 aromatic carbocycles. The summed E-state index contributed by atoms with van der Waals surface area (Å²) in [6.07, 6.45) is 0. The van der Waals surface area contributed by atoms with Gasteiger partial charge in [-0.15, -0.1) is 0 Å². The van der Waals surface area contributed by atoms with Gasteiger partial charge >= 0.3 is 0 Å². The maximum atomic E-state index is 12.8. The fraction of sp³-hybridized carbons (Fsp3) is 0.238. The van der Waals surface area contributed by atoms with Crippen LogP contribution in [0.2, 0.25) is 0 Å². The molecule has 0 spiro atoms. The summed E-state index contributed by atoms with van der Waals surface area (Å²) in [5.74, 6) is -0.398. The highest BCUT2D eigenvalue weighted by Crippen LogP contribution is 2.26. The molecular formula is C21H24N4O3S. The third-order valence-electron chi connectivity index (χ3n) is 4.79. The summed E-state index contributed by atoms with van der Waals surface area (Å²) in [6.45, 7) is 5.52. The van der Waals surface area contributed by atoms with Crippen LogP contribution in [0.4, 0.5) is 5.69 Å². The lowest BCUT2D eigenvalue weighted by Crippen LogP contribution is -2.23. The smallest absolute Gasteiger partial charge is 0.276 e. The molecule has 0 aliphatic heterocycles. The summed E-state index contributed by atoms with van der Waals surface area (Å²) < 4.78 is 27.9. The Labute approximate surface area is 171 Å². The molecule has 1 aromatic heterocycles. The number of hydrogen-bond donors (Lipinski definition) is 1. The minimum atomic E-state index is -3.62. The van der Waals surface area contributed by atoms with E-state index in [1.807, 2.05) is 51.1 Å². The van der Waals surface area contributed by atoms with Gasteiger partial charge < -0.3 is 5.32 Å². The number of aromatic nitrogens is 2. The molecule has 29 heavy (non-hydrogen) atoms. The molecule has 0 radical (unpaired) electrons. The van der Waals surface area contributed by atoms with E-state index in [0.29, 0.717) is 5.69 Å². The van der Waals surface area contributed by atoms with E-state index in [4.69, 9.17) is 0 Å². The molecule has 8 heteroatoms. The van der Waals surface area contributed by atoms with Crippen LogP contribution in [0.5, 0.6) is 0 Å². The van der Waals surface area contributed by atoms with Crippen molar-refractivity contribution in [2.45, 2.75) is 25.7 Å². The van der Waals surface area contributed by atoms with Crippen molar-refractivity contribution in [1.82, 2.24) is 14.1 Å². The van der Waals surface area contributed by atoms with Gasteiger partial charge in [0.1, 0.15) is 0 Å². The van der Waals surface area contributed by atoms with Crippen molar-refractivity contribution in [3.05, 3.63) is 71.0 Å². The number of carbonyl (C=O) groups is 1. The van der Waals surface area contributed by atoms with Crippen molar-refractivity contribution in [3.8, 4) is 5.69 Å². The Kier molecular flexibility index (Phi) is 5.59. The molecule has 0 saturated heterocycles. The first-order chi connectivity index (χ1) is 13.6. The maximum Gasteiger partial charge on any atom is 0.276 e. The molecule has 1 amide bonds. The number of nitrogens with one attached hydrogen (secondary N) is 1. The van der Waals surface area contributed by atoms with Crippen LogP contribution in [0.3, 0.4) is 0 Å². The van der Waals surface area contributed by atoms with Gasteiger partial charge in [0.2, 0.25) is 10.0 Å². The summed E-state index contributed by atoms with van der Waals surface area (Å²) in [7, 11) is -0.667. The predicted molar refractivity (Wildman–Crippen MR) is 113 cm³/mol. The lowest BCUT2D eigenvalue weighted by molar-refractivity contribution is 0.102. The van der Waals surface area contributed by atoms with E-state index in [1.165, 1.54) is 20.2 Å². The van der Waals surface area contributed by atoms with Crippen LogP contribution in [-0.4, -0.2) is 42.5 Å². The Bertz CT molecular complexity index is 1170. The van der Waals surface area contributed by atoms with Crippen molar-refractivity contribution in [1.29, 1.82) is 0 Å². The molecule has 7 nitrogen and oxygen atoms in total. The zero-order chi connectivity index (χ0) is 21.3. The Balaban J connectivity index is 1.95. The molecule has 152 valence electrons. The van der Waals surface area contributed by atoms with Gasteiger partial charge in [0.15, 0.2) is 5.69 Å². The first-order valence-electron chi connectivity index (χ1n) is 9.08. The lowest BCUT2D eigenvalue weighted by Gasteiger charge is -2.16. The highest BCUT2D eigenvalue weighted by Gasteiger charge is 2.21. The average molecular weight is 413 g/mol. The lowest BCUT2D eigenvalue weighted by atomic mass is 10.1. The second-order valence-corrected chi connectivity index (χ2v) is 9.22. The fourth-order valence-electron chi connectivity index (χ4n) is 2.92. The van der Waals surface area contributed by atoms with E-state index < -0.39 is 15.9 Å². The number of rotatable bonds is 5. The minimum Gasteiger partial charge on any atom is -0.320 e. The Morgan fingerprint density at radius 3 is 2.31 bits per heavy atom. The van der Waals surface area contributed by atoms with Gasteiger partial charge in [-0.1, -0.05) is 18.2 Å². The van der Waals surface area contributed by atoms with Gasteiger partial charge in [0, 0.05) is 25.5 Å². The molecule has 0 saturated carbocycles. The number of anilines is 1. The zero-order valence-electron chi connectivity index (χ0n) is 17.1. The van der Waals surface area contributed by atoms with Gasteiger partial charge in [0.05, 0.1) is 10.6 Å². The molecule has 0 atom stereocenters. The molecule has 0 bridgehead atoms. The van der Waals surface area contributed by atoms with Gasteiger partial charge in [-0.3, -0.25) is 4.79 Å². The number of para-hydroxylation sites is 1. The number of aryl methyl sites for hydroxylation is 2. The second kappa shape index (κ2) is 7.81. The molecule has 0 fully saturated rings. The van der Waals surface area contributed by atoms with Gasteiger partial charge in [0.25, 0.3) is 5.91 Å². The van der Waals surface area contributed by atoms with Crippen LogP contribution in [-0.2, 0) is 10.0 Å². The van der Waals surface area contributed by atoms with Crippen molar-refractivity contribution in [2.75, 3.05) is 19.4 Å². The Hall–Kier alpha value is -2.97. The van der Waals surface area contributed by atoms with Crippen LogP contribution >= 0.6 is 0 Å². The van der Waals surface area contributed by atoms with Crippen LogP contribution in [0.1, 0.15) is 27.3 Å². The molecule has 0 aliphatic rings. The minimum absolute atomic E-state index is 0.131. The number of amides is 1. The van der Waals surface area contributed by atoms with Gasteiger partial charge in [-0.05, 0) is 62.2 Å². The fourth-order valence-corrected chi connectivity index (χ4v) is 3.93. The van der Waals surface area contributed by atoms with Crippen LogP contribution in [0, 0.1) is 20.8 Å². The largest absolute Gasteiger partial charge is 0.320 e. The molecule has 0 aliphatic carbocycles. The normalized spacial score (nSPS) is 11.7. The molecule has 3 rings (SSSR count). The van der Waals surface area contributed by atoms with Gasteiger partial charge in [-0.25, -0.2) is 17.4 Å². The van der Waals surface area contributed by atoms with E-state index >= 15 is 0 Å². The van der Waals surface area contributed by atoms with Crippen LogP contribution < -0.4 is 5.32 Å². The van der Waals surface area contributed by atoms with Crippen molar-refractivity contribution in [2.24, 2.45) is 0 Å². The Morgan fingerprint density at radius 2 is 1.69 bits per heavy atom. The van der Waals surface area contributed by atoms with Crippen molar-refractivity contribution in [3.63, 3.8) is 0 Å². The third-order valence-corrected chi connectivity index (χ3v) is 6.58. The topological polar surface area (TPSA) is 84.3 Å². The molecule has 1 N–H and O–H groups in total. The summed E-state index contributed by atoms with van der Waals surface area (Å²) in [4.78, 5) is 13.0. The number of nitrogens with zero attached hydrogens (tertiary/aromatic N) is 3. The van der Waals surface area contributed by atoms with E-state index in [2.05, 4.69) is 10.4 Å². The first kappa shape index (κ1) is 20.8. The Morgan fingerprint density at radius 1 is 1.03 bits per heavy atom. The number of benzene rings is 2. The molecule has 1 heterocycles. The van der Waals surface area contributed by atoms with Crippen LogP contribution in [0.15, 0.2) is 53.4 Å². The first-order valence-corrected chi connectivity index (χ1v) is 10.5. The SMILES string of the molecule is Cc1cc(S(=O)(=O)N(C)C)cc(NC(=O)c2cc(C)n(-c3ccccc3)n2)c1C. The van der Waals surface area contributed by atoms with Crippen LogP contribution in [0.25, 0.3) is 5.69 Å². The number of sulfonamides is 1. The molecule has 0 unspecified atom stereocenters. The zero-order valence-corrected chi connectivity index (χ0v) is 17.9. The second-order valence-electron chi connectivity index (χ2n) is 7.07. The summed E-state index contributed by atoms with van der Waals surface area (Å²) >= 11 is 0. The highest BCUT2D eigenvalue weighted by atomic mass is 32.2. The summed E-state index contributed by atoms with van der Waals surface area (Å²) in [6, 6.07) is 14.3. The molecular weight excluding hydrogens is 388 g/mol. The van der Waals surface area contributed by atoms with E-state index in [-0.39, 0.29) is 10.6 Å². The number of hydrogen-bond acceptors (Lipinski definition) is 4. The van der Waals surface area contributed by atoms with E-state index in [1.54, 1.807) is 16.8 Å². The third kappa shape index (κ3) is 4.08. The number of carbonyl (C=O) groups excluding carboxylic acids is 1. The average Bonchev–Trinajstić information content (AvgIpc) is 3.07. The summed E-state index contributed by atoms with van der Waals surface area (Å²) in [5.41, 5.74) is 3.95. The van der Waals surface area contributed by atoms with Crippen molar-refractivity contribution < 1.29 is 13.2 Å².